The fraction of sp³-hybridized carbons (Fsp3) is 1.00. The van der Waals surface area contributed by atoms with E-state index in [-0.39, 0.29) is 0 Å². The van der Waals surface area contributed by atoms with Crippen LogP contribution in [0.15, 0.2) is 0 Å². The van der Waals surface area contributed by atoms with Crippen molar-refractivity contribution in [1.82, 2.24) is 0 Å². The van der Waals surface area contributed by atoms with Gasteiger partial charge in [0, 0.05) is 0 Å². The monoisotopic (exact) mass is 582 g/mol. The van der Waals surface area contributed by atoms with Gasteiger partial charge in [-0.25, -0.2) is 0 Å². The molecule has 0 spiro atoms. The summed E-state index contributed by atoms with van der Waals surface area (Å²) in [5, 5.41) is 0. The molecule has 0 aromatic carbocycles. The zero-order chi connectivity index (χ0) is 23.8. The first-order valence-corrected chi connectivity index (χ1v) is 21.0. The van der Waals surface area contributed by atoms with Crippen LogP contribution in [-0.2, 0) is 0 Å². The Kier molecular flexibility index (Phi) is 23.4. The maximum absolute atomic E-state index is 3.11. The Hall–Kier alpha value is 1.16. The zero-order valence-electron chi connectivity index (χ0n) is 23.2. The van der Waals surface area contributed by atoms with Crippen LogP contribution in [0.1, 0.15) is 169 Å². The van der Waals surface area contributed by atoms with Crippen LogP contribution in [0.5, 0.6) is 0 Å². The van der Waals surface area contributed by atoms with E-state index >= 15 is 0 Å². The number of unbranched alkanes of at least 4 members (excludes halogenated alkanes) is 18. The second-order valence-corrected chi connectivity index (χ2v) is 24.7. The molecule has 0 fully saturated rings. The Morgan fingerprint density at radius 3 is 0.812 bits per heavy atom. The van der Waals surface area contributed by atoms with E-state index in [4.69, 9.17) is 0 Å². The summed E-state index contributed by atoms with van der Waals surface area (Å²) in [6.07, 6.45) is 38.6. The molecule has 196 valence electrons. The third-order valence-electron chi connectivity index (χ3n) is 7.78. The topological polar surface area (TPSA) is 0 Å². The van der Waals surface area contributed by atoms with Gasteiger partial charge in [-0.15, -0.1) is 0 Å². The van der Waals surface area contributed by atoms with Gasteiger partial charge in [-0.3, -0.25) is 0 Å². The number of hydrogen-bond donors (Lipinski definition) is 0. The molecule has 0 atom stereocenters. The van der Waals surface area contributed by atoms with Crippen molar-refractivity contribution < 1.29 is 0 Å². The first-order valence-electron chi connectivity index (χ1n) is 15.3. The predicted octanol–water partition coefficient (Wildman–Crippen LogP) is 12.6. The summed E-state index contributed by atoms with van der Waals surface area (Å²) in [5.41, 5.74) is 0. The summed E-state index contributed by atoms with van der Waals surface area (Å²) in [4.78, 5) is 0. The molecule has 0 heterocycles. The summed E-state index contributed by atoms with van der Waals surface area (Å²) in [5.74, 6) is 0. The molecule has 0 aliphatic carbocycles. The minimum atomic E-state index is -1.48. The van der Waals surface area contributed by atoms with Crippen LogP contribution in [0.3, 0.4) is 0 Å². The molecule has 0 nitrogen and oxygen atoms in total. The van der Waals surface area contributed by atoms with Gasteiger partial charge >= 0.3 is 181 Å². The zero-order valence-corrected chi connectivity index (χ0v) is 26.3. The fourth-order valence-corrected chi connectivity index (χ4v) is 15.2. The van der Waals surface area contributed by atoms with Crippen molar-refractivity contribution in [2.45, 2.75) is 169 Å². The second kappa shape index (κ2) is 22.6. The third kappa shape index (κ3) is 18.5. The molecule has 0 amide bonds. The van der Waals surface area contributed by atoms with Crippen LogP contribution in [0.4, 0.5) is 0 Å². The van der Waals surface area contributed by atoms with E-state index in [1.165, 1.54) is 141 Å². The Morgan fingerprint density at radius 1 is 0.312 bits per heavy atom. The summed E-state index contributed by atoms with van der Waals surface area (Å²) in [7, 11) is 0. The fourth-order valence-electron chi connectivity index (χ4n) is 5.39. The molecule has 0 saturated carbocycles. The molecule has 0 rings (SSSR count). The van der Waals surface area contributed by atoms with Gasteiger partial charge in [0.15, 0.2) is 0 Å². The van der Waals surface area contributed by atoms with Gasteiger partial charge in [0.05, 0.1) is 0 Å². The first-order chi connectivity index (χ1) is 15.5. The average molecular weight is 583 g/mol. The van der Waals surface area contributed by atoms with Gasteiger partial charge < -0.3 is 0 Å². The van der Waals surface area contributed by atoms with Crippen molar-refractivity contribution in [3.05, 3.63) is 0 Å². The van der Waals surface area contributed by atoms with Crippen molar-refractivity contribution in [2.75, 3.05) is 24.6 Å². The van der Waals surface area contributed by atoms with Crippen LogP contribution in [-0.4, -0.2) is 24.6 Å². The van der Waals surface area contributed by atoms with E-state index in [9.17, 15) is 0 Å². The third-order valence-corrected chi connectivity index (χ3v) is 19.3. The van der Waals surface area contributed by atoms with Crippen LogP contribution in [0.25, 0.3) is 0 Å². The van der Waals surface area contributed by atoms with Crippen LogP contribution in [0, 0.1) is 0 Å². The average Bonchev–Trinajstić information content (AvgIpc) is 2.80. The summed E-state index contributed by atoms with van der Waals surface area (Å²) in [6.45, 7) is 9.49. The summed E-state index contributed by atoms with van der Waals surface area (Å²) >= 11 is 3.11. The molecular formula is C30H64IP. The molecule has 0 saturated heterocycles. The molecule has 0 radical (unpaired) electrons. The number of halogens is 1. The molecule has 0 aromatic heterocycles. The Balaban J connectivity index is 3.88. The van der Waals surface area contributed by atoms with Gasteiger partial charge in [0.1, 0.15) is 0 Å². The Bertz CT molecular complexity index is 356. The molecular weight excluding hydrogens is 518 g/mol. The Morgan fingerprint density at radius 2 is 0.531 bits per heavy atom. The van der Waals surface area contributed by atoms with Crippen molar-refractivity contribution >= 4 is 26.3 Å². The van der Waals surface area contributed by atoms with E-state index in [1.54, 1.807) is 24.6 Å². The van der Waals surface area contributed by atoms with Gasteiger partial charge in [0.2, 0.25) is 0 Å². The molecule has 32 heavy (non-hydrogen) atoms. The van der Waals surface area contributed by atoms with Gasteiger partial charge in [0.25, 0.3) is 0 Å². The molecule has 2 heteroatoms. The maximum atomic E-state index is 3.11. The van der Waals surface area contributed by atoms with Crippen LogP contribution < -0.4 is 0 Å². The van der Waals surface area contributed by atoms with Crippen molar-refractivity contribution in [1.29, 1.82) is 0 Å². The summed E-state index contributed by atoms with van der Waals surface area (Å²) < 4.78 is -1.48. The predicted molar refractivity (Wildman–Crippen MR) is 165 cm³/mol. The van der Waals surface area contributed by atoms with E-state index < -0.39 is 4.25 Å². The number of rotatable bonds is 26. The molecule has 0 aromatic rings. The van der Waals surface area contributed by atoms with Crippen molar-refractivity contribution in [3.8, 4) is 0 Å². The van der Waals surface area contributed by atoms with E-state index in [2.05, 4.69) is 49.7 Å². The van der Waals surface area contributed by atoms with E-state index in [0.717, 1.165) is 0 Å². The quantitative estimate of drug-likeness (QED) is 0.0541. The first kappa shape index (κ1) is 33.2. The van der Waals surface area contributed by atoms with E-state index in [1.807, 2.05) is 0 Å². The van der Waals surface area contributed by atoms with Gasteiger partial charge in [-0.1, -0.05) is 39.0 Å². The Labute approximate surface area is 219 Å². The van der Waals surface area contributed by atoms with Crippen LogP contribution >= 0.6 is 26.3 Å². The second-order valence-electron chi connectivity index (χ2n) is 11.1. The van der Waals surface area contributed by atoms with Crippen molar-refractivity contribution in [2.24, 2.45) is 0 Å². The molecule has 0 bridgehead atoms. The molecule has 0 aliphatic heterocycles. The van der Waals surface area contributed by atoms with Gasteiger partial charge in [-0.05, 0) is 0 Å². The van der Waals surface area contributed by atoms with Gasteiger partial charge in [-0.2, -0.15) is 0 Å². The molecule has 0 aliphatic rings. The molecule has 0 N–H and O–H groups in total. The molecule has 0 unspecified atom stereocenters. The van der Waals surface area contributed by atoms with E-state index in [0.29, 0.717) is 0 Å². The standard InChI is InChI=1S/C30H64IP/c1-5-9-13-14-15-16-17-18-19-20-21-22-23-24-25-26-30-32(31,27-10-6-2,28-11-7-3)29-12-8-4/h5-30H2,1-4H3. The normalized spacial score (nSPS) is 13.3. The number of hydrogen-bond acceptors (Lipinski definition) is 0. The van der Waals surface area contributed by atoms with Crippen molar-refractivity contribution in [3.63, 3.8) is 0 Å². The summed E-state index contributed by atoms with van der Waals surface area (Å²) in [6, 6.07) is 0. The minimum absolute atomic E-state index is 1.37. The van der Waals surface area contributed by atoms with Crippen LogP contribution in [0.2, 0.25) is 0 Å². The SMILES string of the molecule is CCCCCCCCCCCCCCCCCCP(I)(CCCC)(CCCC)CCCC.